The minimum atomic E-state index is 0.216. The molecule has 1 aromatic rings. The maximum atomic E-state index is 12.4. The number of piperidine rings is 1. The zero-order valence-electron chi connectivity index (χ0n) is 12.6. The fraction of sp³-hybridized carbons (Fsp3) is 0.857. The Kier molecular flexibility index (Phi) is 4.77. The molecule has 1 aliphatic heterocycles. The Morgan fingerprint density at radius 1 is 1.24 bits per heavy atom. The second-order valence-electron chi connectivity index (χ2n) is 6.06. The van der Waals surface area contributed by atoms with Crippen LogP contribution in [0.3, 0.4) is 0 Å². The number of hydrogen-bond acceptors (Lipinski definition) is 5. The highest BCUT2D eigenvalue weighted by Gasteiger charge is 2.25. The van der Waals surface area contributed by atoms with Gasteiger partial charge in [-0.1, -0.05) is 24.6 Å². The van der Waals surface area contributed by atoms with Crippen molar-refractivity contribution in [2.75, 3.05) is 12.3 Å². The van der Waals surface area contributed by atoms with Crippen LogP contribution in [0, 0.1) is 0 Å². The molecule has 1 saturated heterocycles. The molecular weight excluding hydrogens is 286 g/mol. The second kappa shape index (κ2) is 6.77. The van der Waals surface area contributed by atoms with E-state index in [1.165, 1.54) is 31.0 Å². The van der Waals surface area contributed by atoms with E-state index in [0.29, 0.717) is 17.8 Å². The first-order valence-corrected chi connectivity index (χ1v) is 8.94. The summed E-state index contributed by atoms with van der Waals surface area (Å²) in [5.41, 5.74) is 0. The molecule has 0 bridgehead atoms. The van der Waals surface area contributed by atoms with Crippen molar-refractivity contribution in [1.29, 1.82) is 0 Å². The Morgan fingerprint density at radius 2 is 2.00 bits per heavy atom. The van der Waals surface area contributed by atoms with Gasteiger partial charge in [0.25, 0.3) is 0 Å². The van der Waals surface area contributed by atoms with Crippen molar-refractivity contribution < 1.29 is 4.79 Å². The van der Waals surface area contributed by atoms with E-state index < -0.39 is 0 Å². The minimum absolute atomic E-state index is 0.216. The minimum Gasteiger partial charge on any atom is -0.339 e. The first-order valence-electron chi connectivity index (χ1n) is 7.96. The maximum Gasteiger partial charge on any atom is 0.233 e. The summed E-state index contributed by atoms with van der Waals surface area (Å²) < 4.78 is 1.92. The van der Waals surface area contributed by atoms with Gasteiger partial charge in [0.15, 0.2) is 0 Å². The van der Waals surface area contributed by atoms with Gasteiger partial charge < -0.3 is 4.90 Å². The number of likely N-dealkylation sites (tertiary alicyclic amines) is 1. The molecule has 0 N–H and O–H groups in total. The average molecular weight is 309 g/mol. The van der Waals surface area contributed by atoms with Gasteiger partial charge in [0.1, 0.15) is 0 Å². The zero-order chi connectivity index (χ0) is 14.7. The van der Waals surface area contributed by atoms with E-state index in [9.17, 15) is 4.79 Å². The number of aromatic nitrogens is 4. The molecule has 1 unspecified atom stereocenters. The molecule has 3 rings (SSSR count). The number of thioether (sulfide) groups is 1. The first-order chi connectivity index (χ1) is 10.3. The number of hydrogen-bond donors (Lipinski definition) is 0. The van der Waals surface area contributed by atoms with Crippen molar-refractivity contribution in [1.82, 2.24) is 25.1 Å². The standard InChI is InChI=1S/C14H23N5OS/c1-11-6-4-5-9-18(11)13(20)10-21-14-15-16-17-19(14)12-7-2-3-8-12/h11-12H,2-10H2,1H3. The molecular formula is C14H23N5OS. The van der Waals surface area contributed by atoms with E-state index in [4.69, 9.17) is 0 Å². The van der Waals surface area contributed by atoms with Crippen molar-refractivity contribution in [2.24, 2.45) is 0 Å². The molecule has 116 valence electrons. The number of tetrazole rings is 1. The summed E-state index contributed by atoms with van der Waals surface area (Å²) in [5, 5.41) is 12.8. The molecule has 2 fully saturated rings. The zero-order valence-corrected chi connectivity index (χ0v) is 13.4. The van der Waals surface area contributed by atoms with Crippen LogP contribution in [0.5, 0.6) is 0 Å². The number of carbonyl (C=O) groups excluding carboxylic acids is 1. The lowest BCUT2D eigenvalue weighted by Gasteiger charge is -2.33. The number of amides is 1. The van der Waals surface area contributed by atoms with Gasteiger partial charge in [-0.15, -0.1) is 5.10 Å². The van der Waals surface area contributed by atoms with Gasteiger partial charge in [0.05, 0.1) is 11.8 Å². The van der Waals surface area contributed by atoms with Crippen LogP contribution in [-0.4, -0.2) is 49.4 Å². The van der Waals surface area contributed by atoms with Crippen molar-refractivity contribution >= 4 is 17.7 Å². The largest absolute Gasteiger partial charge is 0.339 e. The third-order valence-corrected chi connectivity index (χ3v) is 5.50. The summed E-state index contributed by atoms with van der Waals surface area (Å²) in [6.45, 7) is 3.04. The third kappa shape index (κ3) is 3.39. The molecule has 1 saturated carbocycles. The van der Waals surface area contributed by atoms with E-state index >= 15 is 0 Å². The summed E-state index contributed by atoms with van der Waals surface area (Å²) in [7, 11) is 0. The van der Waals surface area contributed by atoms with Gasteiger partial charge in [-0.2, -0.15) is 0 Å². The van der Waals surface area contributed by atoms with Crippen LogP contribution in [0.2, 0.25) is 0 Å². The number of nitrogens with zero attached hydrogens (tertiary/aromatic N) is 5. The van der Waals surface area contributed by atoms with Gasteiger partial charge >= 0.3 is 0 Å². The number of carbonyl (C=O) groups is 1. The highest BCUT2D eigenvalue weighted by molar-refractivity contribution is 7.99. The van der Waals surface area contributed by atoms with Crippen LogP contribution in [0.25, 0.3) is 0 Å². The molecule has 1 amide bonds. The fourth-order valence-electron chi connectivity index (χ4n) is 3.34. The smallest absolute Gasteiger partial charge is 0.233 e. The predicted octanol–water partition coefficient (Wildman–Crippen LogP) is 2.28. The van der Waals surface area contributed by atoms with E-state index in [1.807, 2.05) is 9.58 Å². The highest BCUT2D eigenvalue weighted by atomic mass is 32.2. The topological polar surface area (TPSA) is 63.9 Å². The van der Waals surface area contributed by atoms with E-state index in [1.54, 1.807) is 0 Å². The highest BCUT2D eigenvalue weighted by Crippen LogP contribution is 2.31. The van der Waals surface area contributed by atoms with E-state index in [-0.39, 0.29) is 5.91 Å². The summed E-state index contributed by atoms with van der Waals surface area (Å²) in [6, 6.07) is 0.796. The van der Waals surface area contributed by atoms with Gasteiger partial charge in [0.2, 0.25) is 11.1 Å². The molecule has 0 radical (unpaired) electrons. The van der Waals surface area contributed by atoms with Crippen molar-refractivity contribution in [3.63, 3.8) is 0 Å². The van der Waals surface area contributed by atoms with Gasteiger partial charge in [-0.25, -0.2) is 4.68 Å². The Labute approximate surface area is 129 Å². The second-order valence-corrected chi connectivity index (χ2v) is 7.01. The van der Waals surface area contributed by atoms with Gasteiger partial charge in [-0.05, 0) is 49.5 Å². The van der Waals surface area contributed by atoms with Gasteiger partial charge in [0, 0.05) is 12.6 Å². The molecule has 21 heavy (non-hydrogen) atoms. The van der Waals surface area contributed by atoms with Crippen LogP contribution < -0.4 is 0 Å². The first kappa shape index (κ1) is 14.8. The molecule has 1 atom stereocenters. The lowest BCUT2D eigenvalue weighted by molar-refractivity contribution is -0.131. The van der Waals surface area contributed by atoms with Crippen molar-refractivity contribution in [3.05, 3.63) is 0 Å². The van der Waals surface area contributed by atoms with Crippen molar-refractivity contribution in [3.8, 4) is 0 Å². The van der Waals surface area contributed by atoms with Gasteiger partial charge in [-0.3, -0.25) is 4.79 Å². The average Bonchev–Trinajstić information content (AvgIpc) is 3.16. The predicted molar refractivity (Wildman–Crippen MR) is 81.1 cm³/mol. The van der Waals surface area contributed by atoms with Crippen LogP contribution in [0.1, 0.15) is 57.9 Å². The van der Waals surface area contributed by atoms with E-state index in [0.717, 1.165) is 37.4 Å². The molecule has 0 aromatic carbocycles. The number of rotatable bonds is 4. The Bertz CT molecular complexity index is 485. The molecule has 0 spiro atoms. The molecule has 1 aromatic heterocycles. The Morgan fingerprint density at radius 3 is 2.76 bits per heavy atom. The molecule has 1 aliphatic carbocycles. The van der Waals surface area contributed by atoms with E-state index in [2.05, 4.69) is 22.4 Å². The lowest BCUT2D eigenvalue weighted by atomic mass is 10.0. The van der Waals surface area contributed by atoms with Crippen LogP contribution in [-0.2, 0) is 4.79 Å². The maximum absolute atomic E-state index is 12.4. The molecule has 7 heteroatoms. The summed E-state index contributed by atoms with van der Waals surface area (Å²) in [6.07, 6.45) is 8.28. The van der Waals surface area contributed by atoms with Crippen molar-refractivity contribution in [2.45, 2.75) is 69.1 Å². The van der Waals surface area contributed by atoms with Crippen LogP contribution >= 0.6 is 11.8 Å². The Hall–Kier alpha value is -1.11. The summed E-state index contributed by atoms with van der Waals surface area (Å²) >= 11 is 1.48. The molecule has 2 aliphatic rings. The quantitative estimate of drug-likeness (QED) is 0.798. The van der Waals surface area contributed by atoms with Crippen LogP contribution in [0.4, 0.5) is 0 Å². The SMILES string of the molecule is CC1CCCCN1C(=O)CSc1nnnn1C1CCCC1. The molecule has 6 nitrogen and oxygen atoms in total. The fourth-order valence-corrected chi connectivity index (χ4v) is 4.17. The normalized spacial score (nSPS) is 23.7. The summed E-state index contributed by atoms with van der Waals surface area (Å²) in [5.74, 6) is 0.658. The van der Waals surface area contributed by atoms with Crippen LogP contribution in [0.15, 0.2) is 5.16 Å². The lowest BCUT2D eigenvalue weighted by Crippen LogP contribution is -2.43. The summed E-state index contributed by atoms with van der Waals surface area (Å²) in [4.78, 5) is 14.4. The third-order valence-electron chi connectivity index (χ3n) is 4.58. The Balaban J connectivity index is 1.57. The molecule has 2 heterocycles. The monoisotopic (exact) mass is 309 g/mol.